The molecule has 112 valence electrons. The van der Waals surface area contributed by atoms with Crippen LogP contribution in [0.5, 0.6) is 0 Å². The minimum atomic E-state index is -0.821. The molecule has 0 saturated carbocycles. The molecular formula is C18H18N2O2. The summed E-state index contributed by atoms with van der Waals surface area (Å²) in [6.07, 6.45) is 0.0277. The van der Waals surface area contributed by atoms with Crippen molar-refractivity contribution >= 4 is 16.9 Å². The molecule has 3 aromatic rings. The number of aliphatic carboxylic acids is 1. The van der Waals surface area contributed by atoms with Crippen LogP contribution in [-0.2, 0) is 11.2 Å². The highest BCUT2D eigenvalue weighted by Gasteiger charge is 2.15. The second-order valence-corrected chi connectivity index (χ2v) is 5.54. The Kier molecular flexibility index (Phi) is 3.67. The van der Waals surface area contributed by atoms with Crippen LogP contribution in [0.15, 0.2) is 48.5 Å². The van der Waals surface area contributed by atoms with Gasteiger partial charge >= 0.3 is 5.97 Å². The Bertz CT molecular complexity index is 822. The molecule has 0 amide bonds. The molecule has 0 spiro atoms. The van der Waals surface area contributed by atoms with Gasteiger partial charge in [-0.3, -0.25) is 9.48 Å². The minimum Gasteiger partial charge on any atom is -0.481 e. The zero-order chi connectivity index (χ0) is 15.7. The van der Waals surface area contributed by atoms with Crippen LogP contribution in [0.25, 0.3) is 10.9 Å². The Balaban J connectivity index is 2.10. The van der Waals surface area contributed by atoms with E-state index < -0.39 is 5.97 Å². The summed E-state index contributed by atoms with van der Waals surface area (Å²) in [7, 11) is 0. The van der Waals surface area contributed by atoms with Gasteiger partial charge in [0.15, 0.2) is 0 Å². The van der Waals surface area contributed by atoms with Crippen molar-refractivity contribution in [2.75, 3.05) is 0 Å². The zero-order valence-electron chi connectivity index (χ0n) is 12.7. The Morgan fingerprint density at radius 3 is 2.64 bits per heavy atom. The second kappa shape index (κ2) is 5.64. The zero-order valence-corrected chi connectivity index (χ0v) is 12.7. The number of carboxylic acids is 1. The molecule has 1 aromatic heterocycles. The topological polar surface area (TPSA) is 55.1 Å². The number of hydrogen-bond acceptors (Lipinski definition) is 2. The third-order valence-electron chi connectivity index (χ3n) is 3.96. The van der Waals surface area contributed by atoms with Gasteiger partial charge in [0.25, 0.3) is 0 Å². The first-order valence-corrected chi connectivity index (χ1v) is 7.30. The molecular weight excluding hydrogens is 276 g/mol. The maximum atomic E-state index is 10.9. The van der Waals surface area contributed by atoms with E-state index in [1.807, 2.05) is 48.0 Å². The number of rotatable bonds is 4. The van der Waals surface area contributed by atoms with Gasteiger partial charge in [-0.05, 0) is 31.0 Å². The highest BCUT2D eigenvalue weighted by Crippen LogP contribution is 2.26. The molecule has 0 saturated heterocycles. The fourth-order valence-corrected chi connectivity index (χ4v) is 2.79. The van der Waals surface area contributed by atoms with E-state index in [4.69, 9.17) is 5.11 Å². The van der Waals surface area contributed by atoms with Crippen molar-refractivity contribution in [3.05, 3.63) is 65.4 Å². The summed E-state index contributed by atoms with van der Waals surface area (Å²) in [5.41, 5.74) is 3.91. The molecule has 1 N–H and O–H groups in total. The lowest BCUT2D eigenvalue weighted by Gasteiger charge is -2.14. The Hall–Kier alpha value is -2.62. The average Bonchev–Trinajstić information content (AvgIpc) is 2.83. The molecule has 22 heavy (non-hydrogen) atoms. The van der Waals surface area contributed by atoms with E-state index in [2.05, 4.69) is 24.2 Å². The van der Waals surface area contributed by atoms with Gasteiger partial charge in [-0.25, -0.2) is 0 Å². The Morgan fingerprint density at radius 2 is 1.95 bits per heavy atom. The van der Waals surface area contributed by atoms with Crippen molar-refractivity contribution in [2.45, 2.75) is 26.3 Å². The largest absolute Gasteiger partial charge is 0.481 e. The molecule has 0 aliphatic heterocycles. The van der Waals surface area contributed by atoms with E-state index in [0.29, 0.717) is 0 Å². The van der Waals surface area contributed by atoms with Gasteiger partial charge in [-0.1, -0.05) is 42.5 Å². The first-order chi connectivity index (χ1) is 10.6. The van der Waals surface area contributed by atoms with Gasteiger partial charge < -0.3 is 5.11 Å². The van der Waals surface area contributed by atoms with Crippen molar-refractivity contribution in [3.63, 3.8) is 0 Å². The standard InChI is InChI=1S/C18H18N2O2/c1-12-16-9-8-14(11-18(21)22)10-17(16)20(19-12)13(2)15-6-4-3-5-7-15/h3-10,13H,11H2,1-2H3,(H,21,22). The van der Waals surface area contributed by atoms with E-state index in [-0.39, 0.29) is 12.5 Å². The van der Waals surface area contributed by atoms with Gasteiger partial charge in [-0.15, -0.1) is 0 Å². The molecule has 4 heteroatoms. The fourth-order valence-electron chi connectivity index (χ4n) is 2.79. The van der Waals surface area contributed by atoms with Gasteiger partial charge in [0.05, 0.1) is 23.7 Å². The fraction of sp³-hybridized carbons (Fsp3) is 0.222. The average molecular weight is 294 g/mol. The molecule has 2 aromatic carbocycles. The normalized spacial score (nSPS) is 12.5. The van der Waals surface area contributed by atoms with E-state index in [0.717, 1.165) is 22.2 Å². The van der Waals surface area contributed by atoms with Crippen LogP contribution in [-0.4, -0.2) is 20.9 Å². The molecule has 1 heterocycles. The number of benzene rings is 2. The summed E-state index contributed by atoms with van der Waals surface area (Å²) >= 11 is 0. The van der Waals surface area contributed by atoms with Crippen LogP contribution in [0.3, 0.4) is 0 Å². The number of carbonyl (C=O) groups is 1. The summed E-state index contributed by atoms with van der Waals surface area (Å²) in [6, 6.07) is 16.0. The van der Waals surface area contributed by atoms with E-state index in [1.54, 1.807) is 0 Å². The lowest BCUT2D eigenvalue weighted by Crippen LogP contribution is -2.08. The number of nitrogens with zero attached hydrogens (tertiary/aromatic N) is 2. The highest BCUT2D eigenvalue weighted by molar-refractivity contribution is 5.84. The number of aryl methyl sites for hydroxylation is 1. The predicted octanol–water partition coefficient (Wildman–Crippen LogP) is 3.58. The van der Waals surface area contributed by atoms with Crippen LogP contribution in [0, 0.1) is 6.92 Å². The monoisotopic (exact) mass is 294 g/mol. The molecule has 0 aliphatic rings. The molecule has 3 rings (SSSR count). The summed E-state index contributed by atoms with van der Waals surface area (Å²) in [4.78, 5) is 10.9. The number of fused-ring (bicyclic) bond motifs is 1. The van der Waals surface area contributed by atoms with Gasteiger partial charge in [0.1, 0.15) is 0 Å². The Labute approximate surface area is 129 Å². The number of hydrogen-bond donors (Lipinski definition) is 1. The van der Waals surface area contributed by atoms with Gasteiger partial charge in [0, 0.05) is 5.39 Å². The predicted molar refractivity (Wildman–Crippen MR) is 86.1 cm³/mol. The molecule has 0 fully saturated rings. The first kappa shape index (κ1) is 14.3. The van der Waals surface area contributed by atoms with Crippen LogP contribution in [0.1, 0.15) is 29.8 Å². The van der Waals surface area contributed by atoms with Crippen LogP contribution in [0.2, 0.25) is 0 Å². The van der Waals surface area contributed by atoms with Crippen LogP contribution in [0.4, 0.5) is 0 Å². The van der Waals surface area contributed by atoms with E-state index in [1.165, 1.54) is 5.56 Å². The molecule has 4 nitrogen and oxygen atoms in total. The van der Waals surface area contributed by atoms with Gasteiger partial charge in [-0.2, -0.15) is 5.10 Å². The van der Waals surface area contributed by atoms with Crippen LogP contribution < -0.4 is 0 Å². The maximum absolute atomic E-state index is 10.9. The lowest BCUT2D eigenvalue weighted by molar-refractivity contribution is -0.136. The summed E-state index contributed by atoms with van der Waals surface area (Å²) in [6.45, 7) is 4.08. The summed E-state index contributed by atoms with van der Waals surface area (Å²) in [5, 5.41) is 14.7. The Morgan fingerprint density at radius 1 is 1.23 bits per heavy atom. The third kappa shape index (κ3) is 2.60. The lowest BCUT2D eigenvalue weighted by atomic mass is 10.1. The van der Waals surface area contributed by atoms with Crippen LogP contribution >= 0.6 is 0 Å². The number of carboxylic acid groups (broad SMARTS) is 1. The van der Waals surface area contributed by atoms with Crippen molar-refractivity contribution in [1.82, 2.24) is 9.78 Å². The summed E-state index contributed by atoms with van der Waals surface area (Å²) < 4.78 is 1.98. The van der Waals surface area contributed by atoms with E-state index >= 15 is 0 Å². The van der Waals surface area contributed by atoms with Gasteiger partial charge in [0.2, 0.25) is 0 Å². The van der Waals surface area contributed by atoms with Crippen molar-refractivity contribution in [1.29, 1.82) is 0 Å². The molecule has 1 unspecified atom stereocenters. The molecule has 0 bridgehead atoms. The van der Waals surface area contributed by atoms with Crippen molar-refractivity contribution in [2.24, 2.45) is 0 Å². The molecule has 0 radical (unpaired) electrons. The SMILES string of the molecule is Cc1nn(C(C)c2ccccc2)c2cc(CC(=O)O)ccc12. The first-order valence-electron chi connectivity index (χ1n) is 7.30. The third-order valence-corrected chi connectivity index (χ3v) is 3.96. The van der Waals surface area contributed by atoms with Crippen molar-refractivity contribution < 1.29 is 9.90 Å². The second-order valence-electron chi connectivity index (χ2n) is 5.54. The minimum absolute atomic E-state index is 0.0277. The van der Waals surface area contributed by atoms with Crippen molar-refractivity contribution in [3.8, 4) is 0 Å². The quantitative estimate of drug-likeness (QED) is 0.800. The number of aromatic nitrogens is 2. The summed E-state index contributed by atoms with van der Waals surface area (Å²) in [5.74, 6) is -0.821. The molecule has 0 aliphatic carbocycles. The molecule has 1 atom stereocenters. The maximum Gasteiger partial charge on any atom is 0.307 e. The van der Waals surface area contributed by atoms with E-state index in [9.17, 15) is 4.79 Å². The smallest absolute Gasteiger partial charge is 0.307 e. The highest BCUT2D eigenvalue weighted by atomic mass is 16.4.